The molecule has 0 fully saturated rings. The Labute approximate surface area is 140 Å². The van der Waals surface area contributed by atoms with Gasteiger partial charge in [0.1, 0.15) is 0 Å². The number of aryl methyl sites for hydroxylation is 1. The second kappa shape index (κ2) is 6.69. The van der Waals surface area contributed by atoms with Gasteiger partial charge in [0.25, 0.3) is 0 Å². The quantitative estimate of drug-likeness (QED) is 0.316. The summed E-state index contributed by atoms with van der Waals surface area (Å²) < 4.78 is 1.55. The van der Waals surface area contributed by atoms with Crippen LogP contribution in [0.2, 0.25) is 0 Å². The molecule has 0 unspecified atom stereocenters. The molecule has 2 rings (SSSR count). The van der Waals surface area contributed by atoms with Crippen LogP contribution in [-0.2, 0) is 6.54 Å². The number of nitrogen functional groups attached to an aromatic ring is 1. The molecule has 0 amide bonds. The van der Waals surface area contributed by atoms with Gasteiger partial charge in [-0.2, -0.15) is 0 Å². The molecule has 6 heteroatoms. The third kappa shape index (κ3) is 3.68. The zero-order valence-corrected chi connectivity index (χ0v) is 14.8. The molecule has 2 N–H and O–H groups in total. The number of nitrogens with zero attached hydrogens (tertiary/aromatic N) is 3. The van der Waals surface area contributed by atoms with Crippen molar-refractivity contribution in [2.24, 2.45) is 0 Å². The molecule has 0 radical (unpaired) electrons. The van der Waals surface area contributed by atoms with Crippen molar-refractivity contribution in [2.45, 2.75) is 13.5 Å². The van der Waals surface area contributed by atoms with E-state index in [-0.39, 0.29) is 0 Å². The van der Waals surface area contributed by atoms with Crippen molar-refractivity contribution >= 4 is 56.7 Å². The number of hydrogen-bond donors (Lipinski definition) is 1. The highest BCUT2D eigenvalue weighted by molar-refractivity contribution is 14.1. The Morgan fingerprint density at radius 3 is 2.53 bits per heavy atom. The van der Waals surface area contributed by atoms with E-state index in [1.807, 2.05) is 25.1 Å². The number of aromatic nitrogens is 2. The minimum atomic E-state index is 0.660. The summed E-state index contributed by atoms with van der Waals surface area (Å²) in [4.78, 5) is 10.9. The maximum atomic E-state index is 6.11. The average Bonchev–Trinajstić information content (AvgIpc) is 2.41. The molecule has 4 nitrogen and oxygen atoms in total. The zero-order valence-electron chi connectivity index (χ0n) is 10.5. The molecular formula is C13H14I2N4. The Morgan fingerprint density at radius 1 is 1.21 bits per heavy atom. The number of hydrogen-bond acceptors (Lipinski definition) is 4. The van der Waals surface area contributed by atoms with Gasteiger partial charge in [-0.1, -0.05) is 52.9 Å². The molecule has 2 aromatic rings. The van der Waals surface area contributed by atoms with Gasteiger partial charge in [-0.05, 0) is 12.5 Å². The van der Waals surface area contributed by atoms with Gasteiger partial charge in [-0.25, -0.2) is 9.97 Å². The molecule has 0 saturated heterocycles. The fourth-order valence-electron chi connectivity index (χ4n) is 1.75. The number of alkyl halides is 1. The van der Waals surface area contributed by atoms with Gasteiger partial charge < -0.3 is 10.6 Å². The van der Waals surface area contributed by atoms with Crippen LogP contribution in [0.1, 0.15) is 11.3 Å². The van der Waals surface area contributed by atoms with E-state index in [4.69, 9.17) is 5.73 Å². The maximum Gasteiger partial charge on any atom is 0.193 e. The van der Waals surface area contributed by atoms with Gasteiger partial charge in [-0.3, -0.25) is 0 Å². The predicted molar refractivity (Wildman–Crippen MR) is 95.4 cm³/mol. The molecule has 0 aliphatic carbocycles. The molecule has 0 aliphatic rings. The fourth-order valence-corrected chi connectivity index (χ4v) is 2.91. The van der Waals surface area contributed by atoms with E-state index in [2.05, 4.69) is 72.2 Å². The van der Waals surface area contributed by atoms with Gasteiger partial charge in [0, 0.05) is 29.1 Å². The lowest BCUT2D eigenvalue weighted by atomic mass is 10.2. The monoisotopic (exact) mass is 480 g/mol. The van der Waals surface area contributed by atoms with Gasteiger partial charge >= 0.3 is 0 Å². The average molecular weight is 480 g/mol. The van der Waals surface area contributed by atoms with E-state index in [0.29, 0.717) is 5.69 Å². The van der Waals surface area contributed by atoms with E-state index < -0.39 is 0 Å². The Balaban J connectivity index is 2.32. The number of halogens is 2. The van der Waals surface area contributed by atoms with Gasteiger partial charge in [0.2, 0.25) is 0 Å². The van der Waals surface area contributed by atoms with Crippen molar-refractivity contribution < 1.29 is 0 Å². The largest absolute Gasteiger partial charge is 0.394 e. The molecule has 0 atom stereocenters. The lowest BCUT2D eigenvalue weighted by molar-refractivity contribution is 0.874. The van der Waals surface area contributed by atoms with Gasteiger partial charge in [-0.15, -0.1) is 0 Å². The first-order chi connectivity index (χ1) is 9.11. The molecule has 100 valence electrons. The van der Waals surface area contributed by atoms with Gasteiger partial charge in [0.15, 0.2) is 9.65 Å². The van der Waals surface area contributed by atoms with Crippen molar-refractivity contribution in [3.8, 4) is 0 Å². The topological polar surface area (TPSA) is 55.0 Å². The van der Waals surface area contributed by atoms with Crippen molar-refractivity contribution in [1.82, 2.24) is 9.97 Å². The Morgan fingerprint density at radius 2 is 1.89 bits per heavy atom. The number of benzene rings is 1. The Hall–Kier alpha value is -0.640. The highest BCUT2D eigenvalue weighted by atomic mass is 127. The minimum Gasteiger partial charge on any atom is -0.394 e. The summed E-state index contributed by atoms with van der Waals surface area (Å²) in [5.41, 5.74) is 8.84. The predicted octanol–water partition coefficient (Wildman–Crippen LogP) is 3.37. The summed E-state index contributed by atoms with van der Waals surface area (Å²) >= 11 is 4.45. The second-order valence-electron chi connectivity index (χ2n) is 4.12. The lowest BCUT2D eigenvalue weighted by Crippen LogP contribution is -2.24. The van der Waals surface area contributed by atoms with Crippen molar-refractivity contribution in [3.63, 3.8) is 0 Å². The minimum absolute atomic E-state index is 0.660. The summed E-state index contributed by atoms with van der Waals surface area (Å²) in [5, 5.41) is 0. The highest BCUT2D eigenvalue weighted by Gasteiger charge is 2.14. The molecule has 0 spiro atoms. The van der Waals surface area contributed by atoms with Crippen LogP contribution in [0, 0.1) is 10.8 Å². The summed E-state index contributed by atoms with van der Waals surface area (Å²) in [6.07, 6.45) is 0. The first kappa shape index (κ1) is 14.8. The molecule has 0 aliphatic heterocycles. The third-order valence-corrected chi connectivity index (χ3v) is 4.05. The molecule has 0 bridgehead atoms. The van der Waals surface area contributed by atoms with E-state index in [9.17, 15) is 0 Å². The molecule has 19 heavy (non-hydrogen) atoms. The normalized spacial score (nSPS) is 10.5. The summed E-state index contributed by atoms with van der Waals surface area (Å²) in [6.45, 7) is 2.71. The third-order valence-electron chi connectivity index (χ3n) is 2.75. The molecule has 1 heterocycles. The van der Waals surface area contributed by atoms with E-state index in [1.165, 1.54) is 5.56 Å². The van der Waals surface area contributed by atoms with Crippen molar-refractivity contribution in [3.05, 3.63) is 45.4 Å². The van der Waals surface area contributed by atoms with E-state index in [0.717, 1.165) is 26.4 Å². The second-order valence-corrected chi connectivity index (χ2v) is 5.77. The lowest BCUT2D eigenvalue weighted by Gasteiger charge is -2.23. The van der Waals surface area contributed by atoms with Gasteiger partial charge in [0.05, 0.1) is 15.9 Å². The molecule has 1 aromatic heterocycles. The van der Waals surface area contributed by atoms with Crippen molar-refractivity contribution in [2.75, 3.05) is 15.2 Å². The maximum absolute atomic E-state index is 6.11. The van der Waals surface area contributed by atoms with Crippen LogP contribution >= 0.6 is 45.2 Å². The number of nitrogens with two attached hydrogens (primary N) is 1. The zero-order chi connectivity index (χ0) is 13.8. The van der Waals surface area contributed by atoms with Crippen molar-refractivity contribution in [1.29, 1.82) is 0 Å². The van der Waals surface area contributed by atoms with E-state index in [1.54, 1.807) is 0 Å². The first-order valence-electron chi connectivity index (χ1n) is 5.76. The molecule has 1 aromatic carbocycles. The standard InChI is InChI=1S/C13H14I2N4/c1-9-11(16)12(18-13(15)17-9)19(8-14)7-10-5-3-2-4-6-10/h2-6H,7-8,16H2,1H3. The highest BCUT2D eigenvalue weighted by Crippen LogP contribution is 2.25. The van der Waals surface area contributed by atoms with Crippen LogP contribution in [0.4, 0.5) is 11.5 Å². The van der Waals surface area contributed by atoms with Crippen LogP contribution in [0.3, 0.4) is 0 Å². The molecular weight excluding hydrogens is 466 g/mol. The van der Waals surface area contributed by atoms with Crippen LogP contribution in [0.15, 0.2) is 30.3 Å². The van der Waals surface area contributed by atoms with Crippen LogP contribution < -0.4 is 10.6 Å². The van der Waals surface area contributed by atoms with Crippen LogP contribution in [0.5, 0.6) is 0 Å². The first-order valence-corrected chi connectivity index (χ1v) is 8.36. The fraction of sp³-hybridized carbons (Fsp3) is 0.231. The Kier molecular flexibility index (Phi) is 5.20. The van der Waals surface area contributed by atoms with Crippen LogP contribution in [-0.4, -0.2) is 14.5 Å². The SMILES string of the molecule is Cc1nc(I)nc(N(CI)Cc2ccccc2)c1N. The Bertz CT molecular complexity index is 560. The molecule has 0 saturated carbocycles. The smallest absolute Gasteiger partial charge is 0.193 e. The van der Waals surface area contributed by atoms with E-state index >= 15 is 0 Å². The summed E-state index contributed by atoms with van der Waals surface area (Å²) in [7, 11) is 0. The number of rotatable bonds is 4. The summed E-state index contributed by atoms with van der Waals surface area (Å²) in [6, 6.07) is 10.3. The van der Waals surface area contributed by atoms with Crippen LogP contribution in [0.25, 0.3) is 0 Å². The summed E-state index contributed by atoms with van der Waals surface area (Å²) in [5.74, 6) is 0.815. The number of anilines is 2.